The molecule has 10 heteroatoms. The normalized spacial score (nSPS) is 14.3. The molecule has 2 aromatic carbocycles. The van der Waals surface area contributed by atoms with E-state index in [0.29, 0.717) is 24.7 Å². The second kappa shape index (κ2) is 10.7. The first kappa shape index (κ1) is 24.9. The minimum atomic E-state index is -0.407. The van der Waals surface area contributed by atoms with Gasteiger partial charge in [0.2, 0.25) is 5.91 Å². The first-order valence-corrected chi connectivity index (χ1v) is 12.3. The first-order chi connectivity index (χ1) is 17.9. The summed E-state index contributed by atoms with van der Waals surface area (Å²) in [5.41, 5.74) is 5.37. The molecule has 0 bridgehead atoms. The number of aromatic nitrogens is 2. The van der Waals surface area contributed by atoms with Gasteiger partial charge in [0.15, 0.2) is 0 Å². The smallest absolute Gasteiger partial charge is 0.269 e. The number of rotatable bonds is 7. The van der Waals surface area contributed by atoms with Crippen molar-refractivity contribution in [2.24, 2.45) is 0 Å². The minimum Gasteiger partial charge on any atom is -0.375 e. The van der Waals surface area contributed by atoms with E-state index in [2.05, 4.69) is 15.5 Å². The van der Waals surface area contributed by atoms with E-state index in [0.717, 1.165) is 46.8 Å². The number of carbonyl (C=O) groups is 1. The van der Waals surface area contributed by atoms with E-state index in [1.807, 2.05) is 41.3 Å². The summed E-state index contributed by atoms with van der Waals surface area (Å²) in [6.07, 6.45) is 2.05. The molecule has 190 valence electrons. The van der Waals surface area contributed by atoms with Crippen molar-refractivity contribution in [2.45, 2.75) is 6.54 Å². The van der Waals surface area contributed by atoms with Gasteiger partial charge in [0.05, 0.1) is 16.3 Å². The van der Waals surface area contributed by atoms with E-state index in [9.17, 15) is 14.9 Å². The van der Waals surface area contributed by atoms with Crippen molar-refractivity contribution >= 4 is 28.8 Å². The van der Waals surface area contributed by atoms with E-state index < -0.39 is 4.92 Å². The summed E-state index contributed by atoms with van der Waals surface area (Å²) in [5, 5.41) is 11.8. The van der Waals surface area contributed by atoms with Gasteiger partial charge in [0, 0.05) is 68.7 Å². The number of halogens is 1. The molecule has 37 heavy (non-hydrogen) atoms. The first-order valence-electron chi connectivity index (χ1n) is 11.9. The number of methoxy groups -OCH3 is 1. The van der Waals surface area contributed by atoms with Crippen molar-refractivity contribution in [1.82, 2.24) is 19.2 Å². The van der Waals surface area contributed by atoms with E-state index in [-0.39, 0.29) is 18.2 Å². The van der Waals surface area contributed by atoms with Crippen molar-refractivity contribution in [1.29, 1.82) is 0 Å². The van der Waals surface area contributed by atoms with E-state index in [1.54, 1.807) is 12.1 Å². The number of hydrogen-bond acceptors (Lipinski definition) is 6. The molecule has 1 saturated heterocycles. The number of amides is 1. The molecule has 1 aliphatic heterocycles. The molecule has 0 radical (unpaired) electrons. The number of nitrogens with zero attached hydrogens (tertiary/aromatic N) is 5. The van der Waals surface area contributed by atoms with Gasteiger partial charge in [-0.1, -0.05) is 23.7 Å². The predicted molar refractivity (Wildman–Crippen MR) is 141 cm³/mol. The number of hydrogen-bond donors (Lipinski definition) is 0. The Morgan fingerprint density at radius 3 is 2.43 bits per heavy atom. The van der Waals surface area contributed by atoms with E-state index >= 15 is 0 Å². The van der Waals surface area contributed by atoms with Crippen LogP contribution in [0.15, 0.2) is 66.9 Å². The fourth-order valence-corrected chi connectivity index (χ4v) is 4.83. The van der Waals surface area contributed by atoms with Crippen LogP contribution in [0.4, 0.5) is 5.69 Å². The number of fused-ring (bicyclic) bond motifs is 1. The summed E-state index contributed by atoms with van der Waals surface area (Å²) in [7, 11) is 1.52. The van der Waals surface area contributed by atoms with Crippen LogP contribution < -0.4 is 0 Å². The zero-order valence-electron chi connectivity index (χ0n) is 20.3. The highest BCUT2D eigenvalue weighted by Gasteiger charge is 2.24. The van der Waals surface area contributed by atoms with Gasteiger partial charge in [-0.25, -0.2) is 4.98 Å². The van der Waals surface area contributed by atoms with Crippen molar-refractivity contribution in [3.05, 3.63) is 87.7 Å². The monoisotopic (exact) mass is 519 g/mol. The Bertz CT molecular complexity index is 1450. The summed E-state index contributed by atoms with van der Waals surface area (Å²) in [6.45, 7) is 3.38. The number of ether oxygens (including phenoxy) is 1. The average Bonchev–Trinajstić information content (AvgIpc) is 3.26. The minimum absolute atomic E-state index is 0.00492. The Kier molecular flexibility index (Phi) is 7.18. The molecule has 0 unspecified atom stereocenters. The van der Waals surface area contributed by atoms with Crippen LogP contribution in [0.1, 0.15) is 5.69 Å². The number of nitro benzene ring substituents is 1. The number of non-ortho nitro benzene ring substituents is 1. The van der Waals surface area contributed by atoms with Gasteiger partial charge in [-0.2, -0.15) is 0 Å². The lowest BCUT2D eigenvalue weighted by Crippen LogP contribution is -2.49. The van der Waals surface area contributed by atoms with Crippen LogP contribution in [0.25, 0.3) is 28.0 Å². The number of imidazole rings is 1. The van der Waals surface area contributed by atoms with Crippen molar-refractivity contribution in [3.8, 4) is 22.4 Å². The fourth-order valence-electron chi connectivity index (χ4n) is 4.64. The lowest BCUT2D eigenvalue weighted by molar-refractivity contribution is -0.384. The van der Waals surface area contributed by atoms with Crippen LogP contribution >= 0.6 is 11.6 Å². The van der Waals surface area contributed by atoms with Gasteiger partial charge in [0.1, 0.15) is 12.3 Å². The van der Waals surface area contributed by atoms with E-state index in [1.165, 1.54) is 19.2 Å². The lowest BCUT2D eigenvalue weighted by atomic mass is 10.1. The average molecular weight is 520 g/mol. The number of piperazine rings is 1. The van der Waals surface area contributed by atoms with Crippen molar-refractivity contribution in [2.75, 3.05) is 39.9 Å². The molecular formula is C27H26ClN5O4. The third-order valence-corrected chi connectivity index (χ3v) is 6.83. The maximum Gasteiger partial charge on any atom is 0.269 e. The number of carbonyl (C=O) groups excluding carboxylic acids is 1. The molecular weight excluding hydrogens is 494 g/mol. The highest BCUT2D eigenvalue weighted by molar-refractivity contribution is 6.30. The van der Waals surface area contributed by atoms with Crippen LogP contribution in [0.3, 0.4) is 0 Å². The SMILES string of the molecule is COCC(=O)N1CCN(Cc2c(-c3ccc([N+](=O)[O-])cc3)nc3ccc(-c4cccc(Cl)c4)cn23)CC1. The number of nitro groups is 1. The molecule has 1 fully saturated rings. The zero-order chi connectivity index (χ0) is 25.9. The molecule has 0 saturated carbocycles. The molecule has 3 heterocycles. The van der Waals surface area contributed by atoms with Crippen LogP contribution in [-0.4, -0.2) is 69.9 Å². The lowest BCUT2D eigenvalue weighted by Gasteiger charge is -2.34. The molecule has 1 amide bonds. The summed E-state index contributed by atoms with van der Waals surface area (Å²) in [6, 6.07) is 18.2. The number of benzene rings is 2. The molecule has 0 N–H and O–H groups in total. The topological polar surface area (TPSA) is 93.2 Å². The van der Waals surface area contributed by atoms with E-state index in [4.69, 9.17) is 21.3 Å². The predicted octanol–water partition coefficient (Wildman–Crippen LogP) is 4.52. The van der Waals surface area contributed by atoms with Gasteiger partial charge in [-0.15, -0.1) is 0 Å². The molecule has 2 aromatic heterocycles. The molecule has 9 nitrogen and oxygen atoms in total. The molecule has 0 aliphatic carbocycles. The van der Waals surface area contributed by atoms with Gasteiger partial charge < -0.3 is 14.0 Å². The molecule has 5 rings (SSSR count). The van der Waals surface area contributed by atoms with Gasteiger partial charge >= 0.3 is 0 Å². The van der Waals surface area contributed by atoms with Gasteiger partial charge in [-0.05, 0) is 47.5 Å². The number of pyridine rings is 1. The van der Waals surface area contributed by atoms with Crippen LogP contribution in [0, 0.1) is 10.1 Å². The van der Waals surface area contributed by atoms with Gasteiger partial charge in [-0.3, -0.25) is 19.8 Å². The summed E-state index contributed by atoms with van der Waals surface area (Å²) < 4.78 is 7.07. The maximum atomic E-state index is 12.2. The Hall–Kier alpha value is -3.79. The van der Waals surface area contributed by atoms with Crippen molar-refractivity contribution < 1.29 is 14.5 Å². The van der Waals surface area contributed by atoms with Crippen molar-refractivity contribution in [3.63, 3.8) is 0 Å². The summed E-state index contributed by atoms with van der Waals surface area (Å²) >= 11 is 6.24. The molecule has 0 atom stereocenters. The van der Waals surface area contributed by atoms with Crippen LogP contribution in [0.2, 0.25) is 5.02 Å². The Morgan fingerprint density at radius 2 is 1.76 bits per heavy atom. The zero-order valence-corrected chi connectivity index (χ0v) is 21.1. The highest BCUT2D eigenvalue weighted by atomic mass is 35.5. The highest BCUT2D eigenvalue weighted by Crippen LogP contribution is 2.30. The van der Waals surface area contributed by atoms with Gasteiger partial charge in [0.25, 0.3) is 5.69 Å². The Morgan fingerprint density at radius 1 is 1.03 bits per heavy atom. The third-order valence-electron chi connectivity index (χ3n) is 6.59. The summed E-state index contributed by atoms with van der Waals surface area (Å²) in [4.78, 5) is 32.0. The quantitative estimate of drug-likeness (QED) is 0.263. The van der Waals surface area contributed by atoms with Crippen LogP contribution in [-0.2, 0) is 16.1 Å². The second-order valence-corrected chi connectivity index (χ2v) is 9.39. The fraction of sp³-hybridized carbons (Fsp3) is 0.259. The standard InChI is InChI=1S/C27H26ClN5O4/c1-37-18-26(34)31-13-11-30(12-14-31)17-24-27(19-5-8-23(9-6-19)33(35)36)29-25-10-7-21(16-32(24)25)20-3-2-4-22(28)15-20/h2-10,15-16H,11-14,17-18H2,1H3. The maximum absolute atomic E-state index is 12.2. The largest absolute Gasteiger partial charge is 0.375 e. The molecule has 0 spiro atoms. The Labute approximate surface area is 219 Å². The second-order valence-electron chi connectivity index (χ2n) is 8.96. The Balaban J connectivity index is 1.51. The third kappa shape index (κ3) is 5.34. The molecule has 1 aliphatic rings. The van der Waals surface area contributed by atoms with Crippen LogP contribution in [0.5, 0.6) is 0 Å². The molecule has 4 aromatic rings. The summed E-state index contributed by atoms with van der Waals surface area (Å²) in [5.74, 6) is -0.00492.